The van der Waals surface area contributed by atoms with E-state index in [9.17, 15) is 9.18 Å². The molecule has 0 unspecified atom stereocenters. The Labute approximate surface area is 121 Å². The summed E-state index contributed by atoms with van der Waals surface area (Å²) >= 11 is 0. The van der Waals surface area contributed by atoms with Gasteiger partial charge in [-0.1, -0.05) is 6.07 Å². The number of anilines is 1. The van der Waals surface area contributed by atoms with Gasteiger partial charge in [-0.2, -0.15) is 0 Å². The number of carbonyl (C=O) groups is 1. The van der Waals surface area contributed by atoms with Gasteiger partial charge in [0.2, 0.25) is 0 Å². The second-order valence-electron chi connectivity index (χ2n) is 5.16. The highest BCUT2D eigenvalue weighted by Gasteiger charge is 2.28. The fraction of sp³-hybridized carbons (Fsp3) is 0.250. The number of hydrogen-bond donors (Lipinski definition) is 1. The molecule has 4 nitrogen and oxygen atoms in total. The zero-order valence-electron chi connectivity index (χ0n) is 11.4. The molecule has 5 heteroatoms. The van der Waals surface area contributed by atoms with Gasteiger partial charge in [0.15, 0.2) is 0 Å². The number of benzene rings is 1. The van der Waals surface area contributed by atoms with E-state index in [0.29, 0.717) is 19.5 Å². The van der Waals surface area contributed by atoms with Crippen LogP contribution in [0.1, 0.15) is 6.42 Å². The number of pyridine rings is 1. The molecule has 0 spiro atoms. The molecule has 108 valence electrons. The third kappa shape index (κ3) is 2.86. The molecule has 1 fully saturated rings. The molecular formula is C16H15FN2O2. The first-order chi connectivity index (χ1) is 10.1. The number of hydrogen-bond acceptors (Lipinski definition) is 3. The van der Waals surface area contributed by atoms with E-state index in [2.05, 4.69) is 4.98 Å². The molecule has 3 rings (SSSR count). The van der Waals surface area contributed by atoms with Gasteiger partial charge in [0.25, 0.3) is 0 Å². The number of nitrogens with zero attached hydrogens (tertiary/aromatic N) is 2. The molecule has 1 N–H and O–H groups in total. The van der Waals surface area contributed by atoms with Gasteiger partial charge >= 0.3 is 5.97 Å². The van der Waals surface area contributed by atoms with E-state index in [1.807, 2.05) is 23.1 Å². The van der Waals surface area contributed by atoms with Crippen molar-refractivity contribution in [2.45, 2.75) is 6.42 Å². The normalized spacial score (nSPS) is 18.0. The van der Waals surface area contributed by atoms with Crippen molar-refractivity contribution in [2.75, 3.05) is 18.0 Å². The van der Waals surface area contributed by atoms with Crippen LogP contribution < -0.4 is 4.90 Å². The predicted molar refractivity (Wildman–Crippen MR) is 77.6 cm³/mol. The second kappa shape index (κ2) is 5.52. The van der Waals surface area contributed by atoms with Crippen LogP contribution in [0.5, 0.6) is 0 Å². The maximum absolute atomic E-state index is 13.0. The molecule has 0 radical (unpaired) electrons. The van der Waals surface area contributed by atoms with Crippen LogP contribution in [0.15, 0.2) is 42.5 Å². The van der Waals surface area contributed by atoms with E-state index in [1.54, 1.807) is 12.1 Å². The Balaban J connectivity index is 1.84. The average molecular weight is 286 g/mol. The summed E-state index contributed by atoms with van der Waals surface area (Å²) in [6, 6.07) is 11.8. The Morgan fingerprint density at radius 2 is 2.00 bits per heavy atom. The largest absolute Gasteiger partial charge is 0.481 e. The molecule has 0 bridgehead atoms. The molecule has 0 saturated carbocycles. The van der Waals surface area contributed by atoms with E-state index in [-0.39, 0.29) is 11.7 Å². The lowest BCUT2D eigenvalue weighted by atomic mass is 10.1. The molecule has 2 heterocycles. The highest BCUT2D eigenvalue weighted by atomic mass is 19.1. The van der Waals surface area contributed by atoms with Crippen LogP contribution in [0.2, 0.25) is 0 Å². The summed E-state index contributed by atoms with van der Waals surface area (Å²) in [6.07, 6.45) is 0.637. The highest BCUT2D eigenvalue weighted by molar-refractivity contribution is 5.72. The number of halogens is 1. The van der Waals surface area contributed by atoms with E-state index < -0.39 is 5.97 Å². The molecule has 1 aromatic carbocycles. The third-order valence-electron chi connectivity index (χ3n) is 3.74. The number of rotatable bonds is 3. The quantitative estimate of drug-likeness (QED) is 0.942. The van der Waals surface area contributed by atoms with Crippen molar-refractivity contribution in [3.8, 4) is 11.3 Å². The number of carboxylic acid groups (broad SMARTS) is 1. The lowest BCUT2D eigenvalue weighted by Crippen LogP contribution is -2.23. The van der Waals surface area contributed by atoms with Crippen molar-refractivity contribution in [1.29, 1.82) is 0 Å². The van der Waals surface area contributed by atoms with Gasteiger partial charge in [-0.05, 0) is 42.8 Å². The van der Waals surface area contributed by atoms with Crippen molar-refractivity contribution in [2.24, 2.45) is 5.92 Å². The second-order valence-corrected chi connectivity index (χ2v) is 5.16. The smallest absolute Gasteiger partial charge is 0.308 e. The average Bonchev–Trinajstić information content (AvgIpc) is 2.98. The minimum Gasteiger partial charge on any atom is -0.481 e. The van der Waals surface area contributed by atoms with Crippen LogP contribution in [0.25, 0.3) is 11.3 Å². The third-order valence-corrected chi connectivity index (χ3v) is 3.74. The minimum absolute atomic E-state index is 0.279. The van der Waals surface area contributed by atoms with Gasteiger partial charge < -0.3 is 10.0 Å². The zero-order chi connectivity index (χ0) is 14.8. The fourth-order valence-corrected chi connectivity index (χ4v) is 2.55. The monoisotopic (exact) mass is 286 g/mol. The van der Waals surface area contributed by atoms with E-state index in [0.717, 1.165) is 17.1 Å². The standard InChI is InChI=1S/C16H15FN2O2/c17-13-6-4-11(5-7-13)14-2-1-3-15(18-14)19-9-8-12(10-19)16(20)21/h1-7,12H,8-10H2,(H,20,21)/t12-/m1/s1. The first kappa shape index (κ1) is 13.5. The van der Waals surface area contributed by atoms with Gasteiger partial charge in [0.1, 0.15) is 11.6 Å². The lowest BCUT2D eigenvalue weighted by molar-refractivity contribution is -0.140. The summed E-state index contributed by atoms with van der Waals surface area (Å²) in [4.78, 5) is 17.6. The molecule has 1 atom stereocenters. The van der Waals surface area contributed by atoms with Crippen molar-refractivity contribution in [1.82, 2.24) is 4.98 Å². The molecule has 1 aliphatic heterocycles. The SMILES string of the molecule is O=C(O)[C@@H]1CCN(c2cccc(-c3ccc(F)cc3)n2)C1. The fourth-order valence-electron chi connectivity index (χ4n) is 2.55. The minimum atomic E-state index is -0.757. The van der Waals surface area contributed by atoms with Crippen molar-refractivity contribution >= 4 is 11.8 Å². The Morgan fingerprint density at radius 3 is 2.67 bits per heavy atom. The van der Waals surface area contributed by atoms with Gasteiger partial charge in [0.05, 0.1) is 11.6 Å². The Kier molecular flexibility index (Phi) is 3.56. The summed E-state index contributed by atoms with van der Waals surface area (Å²) in [5, 5.41) is 9.05. The van der Waals surface area contributed by atoms with Gasteiger partial charge in [-0.15, -0.1) is 0 Å². The van der Waals surface area contributed by atoms with Crippen LogP contribution in [0.3, 0.4) is 0 Å². The summed E-state index contributed by atoms with van der Waals surface area (Å²) < 4.78 is 13.0. The summed E-state index contributed by atoms with van der Waals surface area (Å²) in [5.41, 5.74) is 1.60. The number of aliphatic carboxylic acids is 1. The maximum atomic E-state index is 13.0. The first-order valence-corrected chi connectivity index (χ1v) is 6.84. The Morgan fingerprint density at radius 1 is 1.24 bits per heavy atom. The molecule has 0 aliphatic carbocycles. The molecule has 2 aromatic rings. The van der Waals surface area contributed by atoms with Gasteiger partial charge in [-0.25, -0.2) is 9.37 Å². The van der Waals surface area contributed by atoms with Crippen molar-refractivity contribution in [3.63, 3.8) is 0 Å². The molecule has 21 heavy (non-hydrogen) atoms. The van der Waals surface area contributed by atoms with Crippen molar-refractivity contribution < 1.29 is 14.3 Å². The van der Waals surface area contributed by atoms with Crippen LogP contribution in [0.4, 0.5) is 10.2 Å². The highest BCUT2D eigenvalue weighted by Crippen LogP contribution is 2.25. The van der Waals surface area contributed by atoms with E-state index in [4.69, 9.17) is 5.11 Å². The number of aromatic nitrogens is 1. The Bertz CT molecular complexity index is 658. The summed E-state index contributed by atoms with van der Waals surface area (Å²) in [5.74, 6) is -0.604. The lowest BCUT2D eigenvalue weighted by Gasteiger charge is -2.17. The van der Waals surface area contributed by atoms with Crippen molar-refractivity contribution in [3.05, 3.63) is 48.3 Å². The predicted octanol–water partition coefficient (Wildman–Crippen LogP) is 2.80. The topological polar surface area (TPSA) is 53.4 Å². The van der Waals surface area contributed by atoms with E-state index in [1.165, 1.54) is 12.1 Å². The molecule has 0 amide bonds. The van der Waals surface area contributed by atoms with Crippen LogP contribution >= 0.6 is 0 Å². The Hall–Kier alpha value is -2.43. The van der Waals surface area contributed by atoms with Gasteiger partial charge in [-0.3, -0.25) is 4.79 Å². The van der Waals surface area contributed by atoms with E-state index >= 15 is 0 Å². The zero-order valence-corrected chi connectivity index (χ0v) is 11.4. The number of carboxylic acids is 1. The molecule has 1 aromatic heterocycles. The van der Waals surface area contributed by atoms with Crippen LogP contribution in [0, 0.1) is 11.7 Å². The van der Waals surface area contributed by atoms with Crippen LogP contribution in [-0.4, -0.2) is 29.1 Å². The maximum Gasteiger partial charge on any atom is 0.308 e. The summed E-state index contributed by atoms with van der Waals surface area (Å²) in [7, 11) is 0. The summed E-state index contributed by atoms with van der Waals surface area (Å²) in [6.45, 7) is 1.17. The van der Waals surface area contributed by atoms with Crippen LogP contribution in [-0.2, 0) is 4.79 Å². The first-order valence-electron chi connectivity index (χ1n) is 6.84. The van der Waals surface area contributed by atoms with Gasteiger partial charge in [0, 0.05) is 18.7 Å². The molecular weight excluding hydrogens is 271 g/mol. The molecule has 1 aliphatic rings. The molecule has 1 saturated heterocycles.